The Kier molecular flexibility index (Phi) is 4.86. The molecule has 5 heterocycles. The van der Waals surface area contributed by atoms with Gasteiger partial charge < -0.3 is 14.4 Å². The number of pyridine rings is 1. The van der Waals surface area contributed by atoms with Crippen molar-refractivity contribution >= 4 is 23.4 Å². The molecule has 1 fully saturated rings. The Morgan fingerprint density at radius 3 is 2.46 bits per heavy atom. The van der Waals surface area contributed by atoms with Gasteiger partial charge in [0, 0.05) is 61.4 Å². The molecule has 3 amide bonds. The molecule has 1 saturated heterocycles. The molecule has 186 valence electrons. The van der Waals surface area contributed by atoms with E-state index in [2.05, 4.69) is 0 Å². The predicted molar refractivity (Wildman–Crippen MR) is 136 cm³/mol. The van der Waals surface area contributed by atoms with Crippen molar-refractivity contribution in [1.82, 2.24) is 14.4 Å². The van der Waals surface area contributed by atoms with Gasteiger partial charge in [-0.3, -0.25) is 24.1 Å². The molecule has 1 aromatic heterocycles. The van der Waals surface area contributed by atoms with Crippen LogP contribution in [0.3, 0.4) is 0 Å². The molecule has 3 atom stereocenters. The summed E-state index contributed by atoms with van der Waals surface area (Å²) in [6, 6.07) is 19.9. The molecular formula is C29H26N4O4. The number of hydrogen-bond acceptors (Lipinski definition) is 4. The van der Waals surface area contributed by atoms with Crippen LogP contribution in [0.15, 0.2) is 71.5 Å². The van der Waals surface area contributed by atoms with E-state index in [1.807, 2.05) is 45.9 Å². The molecule has 8 nitrogen and oxygen atoms in total. The molecule has 4 aliphatic rings. The Morgan fingerprint density at radius 2 is 1.59 bits per heavy atom. The van der Waals surface area contributed by atoms with E-state index in [4.69, 9.17) is 0 Å². The van der Waals surface area contributed by atoms with Gasteiger partial charge >= 0.3 is 0 Å². The largest absolute Gasteiger partial charge is 0.342 e. The summed E-state index contributed by atoms with van der Waals surface area (Å²) in [4.78, 5) is 58.0. The van der Waals surface area contributed by atoms with Gasteiger partial charge in [0.15, 0.2) is 0 Å². The molecule has 7 rings (SSSR count). The number of likely N-dealkylation sites (tertiary alicyclic amines) is 1. The van der Waals surface area contributed by atoms with Gasteiger partial charge in [-0.2, -0.15) is 0 Å². The van der Waals surface area contributed by atoms with Crippen LogP contribution in [0.25, 0.3) is 0 Å². The van der Waals surface area contributed by atoms with Crippen LogP contribution in [0.4, 0.5) is 5.69 Å². The van der Waals surface area contributed by atoms with Crippen molar-refractivity contribution in [2.75, 3.05) is 24.5 Å². The summed E-state index contributed by atoms with van der Waals surface area (Å²) < 4.78 is 1.85. The minimum atomic E-state index is -0.557. The zero-order valence-electron chi connectivity index (χ0n) is 20.2. The zero-order valence-corrected chi connectivity index (χ0v) is 20.2. The number of amides is 3. The number of para-hydroxylation sites is 1. The molecule has 0 saturated carbocycles. The summed E-state index contributed by atoms with van der Waals surface area (Å²) in [5.41, 5.74) is 3.48. The molecule has 2 bridgehead atoms. The zero-order chi connectivity index (χ0) is 25.3. The van der Waals surface area contributed by atoms with Gasteiger partial charge in [0.1, 0.15) is 6.17 Å². The molecule has 0 aliphatic carbocycles. The normalized spacial score (nSPS) is 23.4. The lowest BCUT2D eigenvalue weighted by molar-refractivity contribution is -0.134. The molecular weight excluding hydrogens is 468 g/mol. The monoisotopic (exact) mass is 494 g/mol. The van der Waals surface area contributed by atoms with E-state index in [1.54, 1.807) is 40.1 Å². The van der Waals surface area contributed by atoms with Crippen molar-refractivity contribution in [3.63, 3.8) is 0 Å². The minimum absolute atomic E-state index is 0.00255. The van der Waals surface area contributed by atoms with E-state index in [9.17, 15) is 19.2 Å². The highest BCUT2D eigenvalue weighted by atomic mass is 16.2. The second-order valence-electron chi connectivity index (χ2n) is 10.4. The SMILES string of the molecule is O=C(CCN1C(=O)c2ccccc2N2C(=O)c3ccccc3[C@@H]12)N1C[C@@H]2C[C@H](C1)c1cccc(=O)n1C2. The molecule has 4 aliphatic heterocycles. The summed E-state index contributed by atoms with van der Waals surface area (Å²) in [5.74, 6) is 0.0853. The summed E-state index contributed by atoms with van der Waals surface area (Å²) >= 11 is 0. The smallest absolute Gasteiger partial charge is 0.260 e. The van der Waals surface area contributed by atoms with E-state index < -0.39 is 6.17 Å². The predicted octanol–water partition coefficient (Wildman–Crippen LogP) is 3.00. The second-order valence-corrected chi connectivity index (χ2v) is 10.4. The second kappa shape index (κ2) is 8.16. The van der Waals surface area contributed by atoms with E-state index in [0.717, 1.165) is 17.7 Å². The minimum Gasteiger partial charge on any atom is -0.342 e. The molecule has 37 heavy (non-hydrogen) atoms. The fourth-order valence-corrected chi connectivity index (χ4v) is 6.67. The Bertz CT molecular complexity index is 1530. The Labute approximate surface area is 213 Å². The van der Waals surface area contributed by atoms with Crippen LogP contribution >= 0.6 is 0 Å². The van der Waals surface area contributed by atoms with Crippen LogP contribution in [-0.4, -0.2) is 51.7 Å². The lowest BCUT2D eigenvalue weighted by Crippen LogP contribution is -2.51. The van der Waals surface area contributed by atoms with Gasteiger partial charge in [-0.25, -0.2) is 0 Å². The number of hydrogen-bond donors (Lipinski definition) is 0. The van der Waals surface area contributed by atoms with E-state index >= 15 is 0 Å². The fraction of sp³-hybridized carbons (Fsp3) is 0.310. The van der Waals surface area contributed by atoms with Gasteiger partial charge in [0.25, 0.3) is 17.4 Å². The van der Waals surface area contributed by atoms with Gasteiger partial charge in [0.2, 0.25) is 5.91 Å². The van der Waals surface area contributed by atoms with Gasteiger partial charge in [-0.05, 0) is 36.6 Å². The van der Waals surface area contributed by atoms with Crippen molar-refractivity contribution in [1.29, 1.82) is 0 Å². The number of fused-ring (bicyclic) bond motifs is 9. The molecule has 8 heteroatoms. The number of anilines is 1. The molecule has 0 radical (unpaired) electrons. The number of carbonyl (C=O) groups is 3. The van der Waals surface area contributed by atoms with Crippen LogP contribution in [-0.2, 0) is 11.3 Å². The highest BCUT2D eigenvalue weighted by Crippen LogP contribution is 2.45. The Morgan fingerprint density at radius 1 is 0.811 bits per heavy atom. The number of carbonyl (C=O) groups excluding carboxylic acids is 3. The fourth-order valence-electron chi connectivity index (χ4n) is 6.67. The average Bonchev–Trinajstić information content (AvgIpc) is 3.21. The van der Waals surface area contributed by atoms with Gasteiger partial charge in [0.05, 0.1) is 11.3 Å². The first-order valence-electron chi connectivity index (χ1n) is 12.8. The third-order valence-corrected chi connectivity index (χ3v) is 8.28. The molecule has 0 N–H and O–H groups in total. The molecule has 0 spiro atoms. The van der Waals surface area contributed by atoms with Crippen molar-refractivity contribution < 1.29 is 14.4 Å². The maximum atomic E-state index is 13.6. The van der Waals surface area contributed by atoms with Gasteiger partial charge in [-0.1, -0.05) is 36.4 Å². The van der Waals surface area contributed by atoms with Crippen molar-refractivity contribution in [2.24, 2.45) is 5.92 Å². The van der Waals surface area contributed by atoms with Crippen LogP contribution in [0.1, 0.15) is 56.9 Å². The third kappa shape index (κ3) is 3.28. The molecule has 0 unspecified atom stereocenters. The first-order chi connectivity index (χ1) is 18.0. The molecule has 3 aromatic rings. The summed E-state index contributed by atoms with van der Waals surface area (Å²) in [6.07, 6.45) is 0.596. The van der Waals surface area contributed by atoms with Crippen molar-refractivity contribution in [3.05, 3.63) is 99.5 Å². The Hall–Kier alpha value is -4.20. The first-order valence-corrected chi connectivity index (χ1v) is 12.8. The quantitative estimate of drug-likeness (QED) is 0.561. The van der Waals surface area contributed by atoms with E-state index in [1.165, 1.54) is 0 Å². The highest BCUT2D eigenvalue weighted by molar-refractivity contribution is 6.16. The molecule has 2 aromatic carbocycles. The number of rotatable bonds is 3. The van der Waals surface area contributed by atoms with Crippen molar-refractivity contribution in [3.8, 4) is 0 Å². The number of aromatic nitrogens is 1. The van der Waals surface area contributed by atoms with Crippen molar-refractivity contribution in [2.45, 2.75) is 31.5 Å². The van der Waals surface area contributed by atoms with E-state index in [-0.39, 0.29) is 48.1 Å². The third-order valence-electron chi connectivity index (χ3n) is 8.28. The van der Waals surface area contributed by atoms with Gasteiger partial charge in [-0.15, -0.1) is 0 Å². The van der Waals surface area contributed by atoms with E-state index in [0.29, 0.717) is 36.4 Å². The van der Waals surface area contributed by atoms with Crippen LogP contribution in [0, 0.1) is 5.92 Å². The van der Waals surface area contributed by atoms with Crippen LogP contribution in [0.5, 0.6) is 0 Å². The van der Waals surface area contributed by atoms with Crippen LogP contribution < -0.4 is 10.5 Å². The highest BCUT2D eigenvalue weighted by Gasteiger charge is 2.47. The number of nitrogens with zero attached hydrogens (tertiary/aromatic N) is 4. The van der Waals surface area contributed by atoms with Crippen LogP contribution in [0.2, 0.25) is 0 Å². The Balaban J connectivity index is 1.15. The summed E-state index contributed by atoms with van der Waals surface area (Å²) in [7, 11) is 0. The topological polar surface area (TPSA) is 82.9 Å². The summed E-state index contributed by atoms with van der Waals surface area (Å²) in [5, 5.41) is 0. The number of piperidine rings is 1. The summed E-state index contributed by atoms with van der Waals surface area (Å²) in [6.45, 7) is 2.04. The maximum Gasteiger partial charge on any atom is 0.260 e. The maximum absolute atomic E-state index is 13.6. The lowest BCUT2D eigenvalue weighted by atomic mass is 9.83. The first kappa shape index (κ1) is 22.0. The average molecular weight is 495 g/mol. The standard InChI is InChI=1S/C29H26N4O4/c34-25(30-15-18-14-19(17-30)23-10-5-11-26(35)32(23)16-18)12-13-31-27-20-6-1-2-7-21(20)29(37)33(27)24-9-4-3-8-22(24)28(31)36/h1-11,18-19,27H,12-17H2/t18-,19+,27-/m0/s1. The number of benzene rings is 2. The lowest BCUT2D eigenvalue weighted by Gasteiger charge is -2.43.